The van der Waals surface area contributed by atoms with Gasteiger partial charge in [0, 0.05) is 47.7 Å². The number of anilines is 1. The average Bonchev–Trinajstić information content (AvgIpc) is 2.99. The third kappa shape index (κ3) is 5.00. The Labute approximate surface area is 161 Å². The van der Waals surface area contributed by atoms with Gasteiger partial charge < -0.3 is 14.6 Å². The fraction of sp³-hybridized carbons (Fsp3) is 0.158. The molecule has 0 aliphatic heterocycles. The van der Waals surface area contributed by atoms with E-state index < -0.39 is 0 Å². The van der Waals surface area contributed by atoms with Crippen molar-refractivity contribution in [1.29, 1.82) is 0 Å². The Morgan fingerprint density at radius 1 is 1.19 bits per heavy atom. The molecule has 0 saturated heterocycles. The molecular weight excluding hydrogens is 373 g/mol. The lowest BCUT2D eigenvalue weighted by Gasteiger charge is -2.11. The first-order chi connectivity index (χ1) is 12.5. The number of imidazole rings is 1. The Morgan fingerprint density at radius 3 is 2.69 bits per heavy atom. The number of rotatable bonds is 6. The molecule has 3 aromatic rings. The molecule has 7 heteroatoms. The molecule has 0 bridgehead atoms. The lowest BCUT2D eigenvalue weighted by atomic mass is 10.2. The van der Waals surface area contributed by atoms with Gasteiger partial charge >= 0.3 is 0 Å². The first-order valence-corrected chi connectivity index (χ1v) is 8.70. The highest BCUT2D eigenvalue weighted by molar-refractivity contribution is 6.34. The van der Waals surface area contributed by atoms with Crippen LogP contribution in [0.3, 0.4) is 0 Å². The van der Waals surface area contributed by atoms with E-state index in [0.717, 1.165) is 11.4 Å². The zero-order valence-corrected chi connectivity index (χ0v) is 15.6. The number of carbonyl (C=O) groups excluding carboxylic acids is 1. The summed E-state index contributed by atoms with van der Waals surface area (Å²) in [6.07, 6.45) is 3.60. The SMILES string of the molecule is CC(=O)Nc1cccc(OCc2nccn2Cc2cc(Cl)cc(Cl)c2)c1. The number of nitrogens with one attached hydrogen (secondary N) is 1. The molecular formula is C19H17Cl2N3O2. The second-order valence-electron chi connectivity index (χ2n) is 5.75. The monoisotopic (exact) mass is 389 g/mol. The largest absolute Gasteiger partial charge is 0.486 e. The Kier molecular flexibility index (Phi) is 5.81. The summed E-state index contributed by atoms with van der Waals surface area (Å²) in [5.74, 6) is 1.29. The predicted octanol–water partition coefficient (Wildman–Crippen LogP) is 4.78. The Bertz CT molecular complexity index is 904. The summed E-state index contributed by atoms with van der Waals surface area (Å²) >= 11 is 12.1. The van der Waals surface area contributed by atoms with Gasteiger partial charge in [0.1, 0.15) is 18.2 Å². The molecule has 0 aliphatic rings. The molecule has 2 aromatic carbocycles. The maximum absolute atomic E-state index is 11.2. The molecule has 1 heterocycles. The highest BCUT2D eigenvalue weighted by Crippen LogP contribution is 2.21. The van der Waals surface area contributed by atoms with Crippen molar-refractivity contribution in [2.45, 2.75) is 20.1 Å². The van der Waals surface area contributed by atoms with Crippen molar-refractivity contribution in [2.24, 2.45) is 0 Å². The number of carbonyl (C=O) groups is 1. The lowest BCUT2D eigenvalue weighted by molar-refractivity contribution is -0.114. The molecule has 0 fully saturated rings. The fourth-order valence-electron chi connectivity index (χ4n) is 2.54. The van der Waals surface area contributed by atoms with Crippen molar-refractivity contribution in [3.05, 3.63) is 76.3 Å². The molecule has 1 N–H and O–H groups in total. The van der Waals surface area contributed by atoms with Gasteiger partial charge in [-0.2, -0.15) is 0 Å². The third-order valence-electron chi connectivity index (χ3n) is 3.60. The van der Waals surface area contributed by atoms with Crippen molar-refractivity contribution >= 4 is 34.8 Å². The van der Waals surface area contributed by atoms with Gasteiger partial charge in [0.25, 0.3) is 0 Å². The molecule has 0 unspecified atom stereocenters. The van der Waals surface area contributed by atoms with Crippen LogP contribution in [-0.4, -0.2) is 15.5 Å². The van der Waals surface area contributed by atoms with Crippen LogP contribution in [0.25, 0.3) is 0 Å². The van der Waals surface area contributed by atoms with Crippen LogP contribution in [0.1, 0.15) is 18.3 Å². The summed E-state index contributed by atoms with van der Waals surface area (Å²) < 4.78 is 7.78. The van der Waals surface area contributed by atoms with Crippen LogP contribution in [-0.2, 0) is 17.9 Å². The molecule has 0 atom stereocenters. The van der Waals surface area contributed by atoms with Crippen molar-refractivity contribution in [2.75, 3.05) is 5.32 Å². The van der Waals surface area contributed by atoms with E-state index in [9.17, 15) is 4.79 Å². The molecule has 134 valence electrons. The van der Waals surface area contributed by atoms with Gasteiger partial charge in [-0.25, -0.2) is 4.98 Å². The van der Waals surface area contributed by atoms with Crippen LogP contribution in [0, 0.1) is 0 Å². The quantitative estimate of drug-likeness (QED) is 0.659. The number of hydrogen-bond donors (Lipinski definition) is 1. The average molecular weight is 390 g/mol. The van der Waals surface area contributed by atoms with Gasteiger partial charge in [0.2, 0.25) is 5.91 Å². The lowest BCUT2D eigenvalue weighted by Crippen LogP contribution is -2.08. The van der Waals surface area contributed by atoms with Crippen LogP contribution in [0.2, 0.25) is 10.0 Å². The normalized spacial score (nSPS) is 10.6. The van der Waals surface area contributed by atoms with Gasteiger partial charge in [-0.15, -0.1) is 0 Å². The fourth-order valence-corrected chi connectivity index (χ4v) is 3.11. The number of hydrogen-bond acceptors (Lipinski definition) is 3. The zero-order valence-electron chi connectivity index (χ0n) is 14.1. The second kappa shape index (κ2) is 8.25. The summed E-state index contributed by atoms with van der Waals surface area (Å²) in [6.45, 7) is 2.35. The minimum Gasteiger partial charge on any atom is -0.486 e. The van der Waals surface area contributed by atoms with Gasteiger partial charge in [-0.05, 0) is 35.9 Å². The van der Waals surface area contributed by atoms with Crippen LogP contribution in [0.15, 0.2) is 54.9 Å². The molecule has 1 amide bonds. The number of aromatic nitrogens is 2. The van der Waals surface area contributed by atoms with Gasteiger partial charge in [0.05, 0.1) is 0 Å². The Morgan fingerprint density at radius 2 is 1.96 bits per heavy atom. The van der Waals surface area contributed by atoms with Crippen LogP contribution in [0.4, 0.5) is 5.69 Å². The van der Waals surface area contributed by atoms with E-state index in [0.29, 0.717) is 34.6 Å². The van der Waals surface area contributed by atoms with E-state index in [-0.39, 0.29) is 5.91 Å². The predicted molar refractivity (Wildman–Crippen MR) is 103 cm³/mol. The van der Waals surface area contributed by atoms with Crippen molar-refractivity contribution in [3.8, 4) is 5.75 Å². The number of benzene rings is 2. The van der Waals surface area contributed by atoms with Crippen LogP contribution >= 0.6 is 23.2 Å². The van der Waals surface area contributed by atoms with E-state index in [1.807, 2.05) is 35.0 Å². The van der Waals surface area contributed by atoms with Gasteiger partial charge in [-0.1, -0.05) is 29.3 Å². The highest BCUT2D eigenvalue weighted by Gasteiger charge is 2.07. The van der Waals surface area contributed by atoms with Gasteiger partial charge in [0.15, 0.2) is 0 Å². The molecule has 3 rings (SSSR count). The molecule has 5 nitrogen and oxygen atoms in total. The molecule has 0 saturated carbocycles. The second-order valence-corrected chi connectivity index (χ2v) is 6.62. The first kappa shape index (κ1) is 18.3. The molecule has 0 aliphatic carbocycles. The zero-order chi connectivity index (χ0) is 18.5. The number of nitrogens with zero attached hydrogens (tertiary/aromatic N) is 2. The summed E-state index contributed by atoms with van der Waals surface area (Å²) in [6, 6.07) is 12.7. The standard InChI is InChI=1S/C19H17Cl2N3O2/c1-13(25)23-17-3-2-4-18(10-17)26-12-19-22-5-6-24(19)11-14-7-15(20)9-16(21)8-14/h2-10H,11-12H2,1H3,(H,23,25). The van der Waals surface area contributed by atoms with Crippen molar-refractivity contribution in [1.82, 2.24) is 9.55 Å². The van der Waals surface area contributed by atoms with E-state index in [2.05, 4.69) is 10.3 Å². The van der Waals surface area contributed by atoms with E-state index >= 15 is 0 Å². The molecule has 0 spiro atoms. The maximum atomic E-state index is 11.2. The summed E-state index contributed by atoms with van der Waals surface area (Å²) in [7, 11) is 0. The van der Waals surface area contributed by atoms with E-state index in [1.165, 1.54) is 6.92 Å². The van der Waals surface area contributed by atoms with Crippen LogP contribution < -0.4 is 10.1 Å². The number of halogens is 2. The summed E-state index contributed by atoms with van der Waals surface area (Å²) in [5, 5.41) is 3.92. The van der Waals surface area contributed by atoms with Crippen molar-refractivity contribution < 1.29 is 9.53 Å². The topological polar surface area (TPSA) is 56.1 Å². The van der Waals surface area contributed by atoms with E-state index in [4.69, 9.17) is 27.9 Å². The third-order valence-corrected chi connectivity index (χ3v) is 4.04. The molecule has 0 radical (unpaired) electrons. The van der Waals surface area contributed by atoms with Crippen molar-refractivity contribution in [3.63, 3.8) is 0 Å². The van der Waals surface area contributed by atoms with Crippen LogP contribution in [0.5, 0.6) is 5.75 Å². The summed E-state index contributed by atoms with van der Waals surface area (Å²) in [4.78, 5) is 15.5. The smallest absolute Gasteiger partial charge is 0.221 e. The first-order valence-electron chi connectivity index (χ1n) is 7.95. The summed E-state index contributed by atoms with van der Waals surface area (Å²) in [5.41, 5.74) is 1.67. The minimum atomic E-state index is -0.127. The van der Waals surface area contributed by atoms with Gasteiger partial charge in [-0.3, -0.25) is 4.79 Å². The number of ether oxygens (including phenoxy) is 1. The Hall–Kier alpha value is -2.50. The Balaban J connectivity index is 1.68. The van der Waals surface area contributed by atoms with E-state index in [1.54, 1.807) is 24.4 Å². The molecule has 26 heavy (non-hydrogen) atoms. The molecule has 1 aromatic heterocycles. The highest BCUT2D eigenvalue weighted by atomic mass is 35.5. The minimum absolute atomic E-state index is 0.127. The number of amides is 1. The maximum Gasteiger partial charge on any atom is 0.221 e.